The van der Waals surface area contributed by atoms with Crippen molar-refractivity contribution >= 4 is 17.9 Å². The number of carbonyl (C=O) groups is 2. The first-order valence-corrected chi connectivity index (χ1v) is 8.89. The van der Waals surface area contributed by atoms with E-state index in [0.717, 1.165) is 6.42 Å². The number of nitrogens with one attached hydrogen (secondary N) is 1. The zero-order chi connectivity index (χ0) is 20.5. The van der Waals surface area contributed by atoms with Crippen LogP contribution in [0.1, 0.15) is 20.3 Å². The van der Waals surface area contributed by atoms with Gasteiger partial charge in [0.1, 0.15) is 11.5 Å². The summed E-state index contributed by atoms with van der Waals surface area (Å²) in [4.78, 5) is 24.5. The number of ether oxygens (including phenoxy) is 3. The molecular formula is C20H24N2O6. The molecule has 8 heteroatoms. The summed E-state index contributed by atoms with van der Waals surface area (Å²) in [6.07, 6.45) is -0.706. The summed E-state index contributed by atoms with van der Waals surface area (Å²) in [6.45, 7) is 5.08. The Hall–Kier alpha value is -3.42. The monoisotopic (exact) mass is 388 g/mol. The molecule has 0 radical (unpaired) electrons. The summed E-state index contributed by atoms with van der Waals surface area (Å²) >= 11 is 0. The lowest BCUT2D eigenvalue weighted by Gasteiger charge is -2.19. The summed E-state index contributed by atoms with van der Waals surface area (Å²) in [5.41, 5.74) is 0.432. The van der Waals surface area contributed by atoms with Gasteiger partial charge in [-0.15, -0.1) is 0 Å². The lowest BCUT2D eigenvalue weighted by Crippen LogP contribution is -2.33. The molecule has 0 saturated carbocycles. The maximum absolute atomic E-state index is 12.2. The lowest BCUT2D eigenvalue weighted by molar-refractivity contribution is 0.154. The Labute approximate surface area is 163 Å². The number of benzene rings is 2. The molecule has 2 aromatic rings. The first-order valence-electron chi connectivity index (χ1n) is 8.89. The summed E-state index contributed by atoms with van der Waals surface area (Å²) in [5, 5.41) is 11.0. The molecule has 2 N–H and O–H groups in total. The van der Waals surface area contributed by atoms with E-state index in [4.69, 9.17) is 19.3 Å². The highest BCUT2D eigenvalue weighted by atomic mass is 16.6. The van der Waals surface area contributed by atoms with Crippen LogP contribution in [-0.4, -0.2) is 42.4 Å². The highest BCUT2D eigenvalue weighted by Crippen LogP contribution is 2.35. The van der Waals surface area contributed by atoms with Crippen molar-refractivity contribution in [1.82, 2.24) is 4.90 Å². The maximum atomic E-state index is 12.2. The van der Waals surface area contributed by atoms with E-state index in [0.29, 0.717) is 41.8 Å². The number of carboxylic acid groups (broad SMARTS) is 1. The zero-order valence-corrected chi connectivity index (χ0v) is 16.1. The predicted molar refractivity (Wildman–Crippen MR) is 105 cm³/mol. The van der Waals surface area contributed by atoms with Gasteiger partial charge in [0.25, 0.3) is 0 Å². The second-order valence-corrected chi connectivity index (χ2v) is 5.82. The minimum absolute atomic E-state index is 0.352. The number of hydrogen-bond acceptors (Lipinski definition) is 5. The van der Waals surface area contributed by atoms with Crippen LogP contribution in [0.2, 0.25) is 0 Å². The third-order valence-corrected chi connectivity index (χ3v) is 3.81. The Morgan fingerprint density at radius 1 is 1.04 bits per heavy atom. The van der Waals surface area contributed by atoms with Gasteiger partial charge < -0.3 is 24.2 Å². The smallest absolute Gasteiger partial charge is 0.415 e. The van der Waals surface area contributed by atoms with Gasteiger partial charge >= 0.3 is 12.2 Å². The van der Waals surface area contributed by atoms with Gasteiger partial charge in [-0.1, -0.05) is 6.92 Å². The fourth-order valence-corrected chi connectivity index (χ4v) is 2.47. The molecule has 0 atom stereocenters. The second kappa shape index (κ2) is 10.1. The number of anilines is 1. The SMILES string of the molecule is CCCN(CC)C(=O)Oc1ccc(Oc2ccc(NC(=O)O)cc2)c(OC)c1. The third-order valence-electron chi connectivity index (χ3n) is 3.81. The molecule has 0 aliphatic rings. The van der Waals surface area contributed by atoms with Crippen LogP contribution in [-0.2, 0) is 0 Å². The van der Waals surface area contributed by atoms with Crippen molar-refractivity contribution in [3.8, 4) is 23.0 Å². The number of nitrogens with zero attached hydrogens (tertiary/aromatic N) is 1. The van der Waals surface area contributed by atoms with Gasteiger partial charge in [0.2, 0.25) is 0 Å². The normalized spacial score (nSPS) is 10.1. The molecular weight excluding hydrogens is 364 g/mol. The van der Waals surface area contributed by atoms with Crippen molar-refractivity contribution in [3.05, 3.63) is 42.5 Å². The standard InChI is InChI=1S/C20H24N2O6/c1-4-12-22(5-2)20(25)28-16-10-11-17(18(13-16)26-3)27-15-8-6-14(7-9-15)21-19(23)24/h6-11,13,21H,4-5,12H2,1-3H3,(H,23,24). The van der Waals surface area contributed by atoms with E-state index in [1.54, 1.807) is 47.4 Å². The van der Waals surface area contributed by atoms with Gasteiger partial charge in [-0.3, -0.25) is 5.32 Å². The van der Waals surface area contributed by atoms with Crippen LogP contribution in [0.25, 0.3) is 0 Å². The molecule has 0 heterocycles. The van der Waals surface area contributed by atoms with Gasteiger partial charge in [0.15, 0.2) is 11.5 Å². The van der Waals surface area contributed by atoms with Crippen molar-refractivity contribution in [3.63, 3.8) is 0 Å². The molecule has 0 unspecified atom stereocenters. The van der Waals surface area contributed by atoms with E-state index >= 15 is 0 Å². The molecule has 2 aromatic carbocycles. The molecule has 0 aliphatic carbocycles. The largest absolute Gasteiger partial charge is 0.493 e. The number of amides is 2. The van der Waals surface area contributed by atoms with Crippen LogP contribution in [0.3, 0.4) is 0 Å². The minimum atomic E-state index is -1.14. The van der Waals surface area contributed by atoms with Gasteiger partial charge in [-0.05, 0) is 49.7 Å². The molecule has 0 spiro atoms. The summed E-state index contributed by atoms with van der Waals surface area (Å²) < 4.78 is 16.5. The Morgan fingerprint density at radius 2 is 1.71 bits per heavy atom. The average Bonchev–Trinajstić information content (AvgIpc) is 2.68. The second-order valence-electron chi connectivity index (χ2n) is 5.82. The van der Waals surface area contributed by atoms with E-state index in [9.17, 15) is 9.59 Å². The number of rotatable bonds is 8. The molecule has 2 amide bonds. The summed E-state index contributed by atoms with van der Waals surface area (Å²) in [5.74, 6) is 1.68. The molecule has 0 saturated heterocycles. The predicted octanol–water partition coefficient (Wildman–Crippen LogP) is 4.81. The number of methoxy groups -OCH3 is 1. The van der Waals surface area contributed by atoms with E-state index in [2.05, 4.69) is 5.32 Å². The fraction of sp³-hybridized carbons (Fsp3) is 0.300. The highest BCUT2D eigenvalue weighted by molar-refractivity contribution is 5.82. The van der Waals surface area contributed by atoms with E-state index in [1.165, 1.54) is 7.11 Å². The number of hydrogen-bond donors (Lipinski definition) is 2. The summed E-state index contributed by atoms with van der Waals surface area (Å²) in [6, 6.07) is 11.3. The molecule has 28 heavy (non-hydrogen) atoms. The van der Waals surface area contributed by atoms with Gasteiger partial charge in [0, 0.05) is 24.8 Å². The molecule has 0 fully saturated rings. The van der Waals surface area contributed by atoms with Crippen LogP contribution in [0.4, 0.5) is 15.3 Å². The molecule has 0 aromatic heterocycles. The van der Waals surface area contributed by atoms with Crippen molar-refractivity contribution in [1.29, 1.82) is 0 Å². The quantitative estimate of drug-likeness (QED) is 0.674. The van der Waals surface area contributed by atoms with E-state index in [-0.39, 0.29) is 0 Å². The molecule has 2 rings (SSSR count). The van der Waals surface area contributed by atoms with Gasteiger partial charge in [-0.2, -0.15) is 0 Å². The average molecular weight is 388 g/mol. The topological polar surface area (TPSA) is 97.3 Å². The van der Waals surface area contributed by atoms with E-state index in [1.807, 2.05) is 13.8 Å². The van der Waals surface area contributed by atoms with Crippen molar-refractivity contribution in [2.45, 2.75) is 20.3 Å². The van der Waals surface area contributed by atoms with Crippen LogP contribution in [0.15, 0.2) is 42.5 Å². The van der Waals surface area contributed by atoms with Crippen LogP contribution >= 0.6 is 0 Å². The zero-order valence-electron chi connectivity index (χ0n) is 16.1. The first kappa shape index (κ1) is 20.9. The minimum Gasteiger partial charge on any atom is -0.493 e. The molecule has 150 valence electrons. The Balaban J connectivity index is 2.10. The van der Waals surface area contributed by atoms with Crippen molar-refractivity contribution < 1.29 is 28.9 Å². The highest BCUT2D eigenvalue weighted by Gasteiger charge is 2.15. The van der Waals surface area contributed by atoms with Crippen LogP contribution in [0.5, 0.6) is 23.0 Å². The maximum Gasteiger partial charge on any atom is 0.415 e. The van der Waals surface area contributed by atoms with Crippen LogP contribution < -0.4 is 19.5 Å². The summed E-state index contributed by atoms with van der Waals surface area (Å²) in [7, 11) is 1.49. The van der Waals surface area contributed by atoms with Gasteiger partial charge in [-0.25, -0.2) is 9.59 Å². The molecule has 0 bridgehead atoms. The van der Waals surface area contributed by atoms with Crippen molar-refractivity contribution in [2.24, 2.45) is 0 Å². The molecule has 0 aliphatic heterocycles. The fourth-order valence-electron chi connectivity index (χ4n) is 2.47. The van der Waals surface area contributed by atoms with Crippen LogP contribution in [0, 0.1) is 0 Å². The Kier molecular flexibility index (Phi) is 7.50. The lowest BCUT2D eigenvalue weighted by atomic mass is 10.2. The Bertz CT molecular complexity index is 807. The first-order chi connectivity index (χ1) is 13.5. The number of carbonyl (C=O) groups excluding carboxylic acids is 1. The third kappa shape index (κ3) is 5.80. The van der Waals surface area contributed by atoms with Crippen molar-refractivity contribution in [2.75, 3.05) is 25.5 Å². The Morgan fingerprint density at radius 3 is 2.29 bits per heavy atom. The van der Waals surface area contributed by atoms with Gasteiger partial charge in [0.05, 0.1) is 7.11 Å². The van der Waals surface area contributed by atoms with E-state index < -0.39 is 12.2 Å². The molecule has 8 nitrogen and oxygen atoms in total.